The number of amides is 1. The molecule has 0 saturated heterocycles. The summed E-state index contributed by atoms with van der Waals surface area (Å²) in [6.45, 7) is 1.65. The summed E-state index contributed by atoms with van der Waals surface area (Å²) in [5.41, 5.74) is 0.583. The van der Waals surface area contributed by atoms with Gasteiger partial charge in [-0.25, -0.2) is 4.68 Å². The van der Waals surface area contributed by atoms with Crippen molar-refractivity contribution in [3.8, 4) is 0 Å². The molecule has 4 rings (SSSR count). The van der Waals surface area contributed by atoms with Gasteiger partial charge >= 0.3 is 6.18 Å². The van der Waals surface area contributed by atoms with Crippen LogP contribution in [-0.4, -0.2) is 27.0 Å². The van der Waals surface area contributed by atoms with Gasteiger partial charge < -0.3 is 15.2 Å². The summed E-state index contributed by atoms with van der Waals surface area (Å²) < 4.78 is 46.7. The number of hydrogen-bond acceptors (Lipinski definition) is 5. The van der Waals surface area contributed by atoms with Gasteiger partial charge in [-0.2, -0.15) is 18.3 Å². The van der Waals surface area contributed by atoms with E-state index in [2.05, 4.69) is 20.9 Å². The molecule has 0 unspecified atom stereocenters. The minimum absolute atomic E-state index is 0.129. The van der Waals surface area contributed by atoms with Crippen LogP contribution in [0, 0.1) is 6.92 Å². The van der Waals surface area contributed by atoms with Crippen molar-refractivity contribution in [2.24, 2.45) is 0 Å². The molecule has 0 radical (unpaired) electrons. The largest absolute Gasteiger partial charge is 0.410 e. The van der Waals surface area contributed by atoms with E-state index in [0.29, 0.717) is 5.76 Å². The average molecular weight is 391 g/mol. The van der Waals surface area contributed by atoms with Gasteiger partial charge in [0.2, 0.25) is 0 Å². The number of halogens is 3. The standard InChI is InChI=1S/C18H16F3N5O2/c1-10-7-15(25-28-10)23-17(27)13-9-16-22-12(11-5-3-2-4-6-11)8-14(18(19,20)21)26(16)24-13/h2-7,9,12,14,22H,8H2,1H3,(H,23,25,27)/t12-,14-/m1/s1. The van der Waals surface area contributed by atoms with Crippen molar-refractivity contribution in [1.29, 1.82) is 0 Å². The van der Waals surface area contributed by atoms with E-state index in [4.69, 9.17) is 4.52 Å². The molecule has 0 saturated carbocycles. The Hall–Kier alpha value is -3.30. The van der Waals surface area contributed by atoms with E-state index in [9.17, 15) is 18.0 Å². The van der Waals surface area contributed by atoms with Crippen molar-refractivity contribution in [3.63, 3.8) is 0 Å². The Morgan fingerprint density at radius 1 is 1.29 bits per heavy atom. The summed E-state index contributed by atoms with van der Waals surface area (Å²) in [7, 11) is 0. The van der Waals surface area contributed by atoms with Crippen molar-refractivity contribution in [2.75, 3.05) is 10.6 Å². The van der Waals surface area contributed by atoms with E-state index < -0.39 is 24.2 Å². The molecule has 3 heterocycles. The predicted molar refractivity (Wildman–Crippen MR) is 93.9 cm³/mol. The molecule has 2 aromatic heterocycles. The van der Waals surface area contributed by atoms with Crippen molar-refractivity contribution in [2.45, 2.75) is 31.6 Å². The van der Waals surface area contributed by atoms with Crippen LogP contribution in [0.2, 0.25) is 0 Å². The fourth-order valence-electron chi connectivity index (χ4n) is 3.19. The second-order valence-corrected chi connectivity index (χ2v) is 6.54. The first-order valence-corrected chi connectivity index (χ1v) is 8.53. The summed E-state index contributed by atoms with van der Waals surface area (Å²) in [6.07, 6.45) is -4.74. The number of benzene rings is 1. The molecule has 0 fully saturated rings. The summed E-state index contributed by atoms with van der Waals surface area (Å²) >= 11 is 0. The van der Waals surface area contributed by atoms with Gasteiger partial charge in [-0.3, -0.25) is 4.79 Å². The Morgan fingerprint density at radius 3 is 2.68 bits per heavy atom. The van der Waals surface area contributed by atoms with Crippen LogP contribution >= 0.6 is 0 Å². The lowest BCUT2D eigenvalue weighted by Gasteiger charge is -2.33. The molecule has 146 valence electrons. The molecule has 10 heteroatoms. The monoisotopic (exact) mass is 391 g/mol. The van der Waals surface area contributed by atoms with Gasteiger partial charge in [-0.15, -0.1) is 0 Å². The number of fused-ring (bicyclic) bond motifs is 1. The molecule has 1 amide bonds. The number of rotatable bonds is 3. The number of nitrogens with one attached hydrogen (secondary N) is 2. The number of hydrogen-bond donors (Lipinski definition) is 2. The quantitative estimate of drug-likeness (QED) is 0.702. The summed E-state index contributed by atoms with van der Waals surface area (Å²) in [4.78, 5) is 12.4. The number of nitrogens with zero attached hydrogens (tertiary/aromatic N) is 3. The minimum atomic E-state index is -4.51. The molecular weight excluding hydrogens is 375 g/mol. The van der Waals surface area contributed by atoms with Crippen LogP contribution < -0.4 is 10.6 Å². The Balaban J connectivity index is 1.65. The van der Waals surface area contributed by atoms with E-state index in [0.717, 1.165) is 10.2 Å². The third-order valence-corrected chi connectivity index (χ3v) is 4.49. The maximum absolute atomic E-state index is 13.7. The van der Waals surface area contributed by atoms with Crippen LogP contribution in [-0.2, 0) is 0 Å². The second-order valence-electron chi connectivity index (χ2n) is 6.54. The van der Waals surface area contributed by atoms with Crippen LogP contribution in [0.3, 0.4) is 0 Å². The fourth-order valence-corrected chi connectivity index (χ4v) is 3.19. The first kappa shape index (κ1) is 18.1. The fraction of sp³-hybridized carbons (Fsp3) is 0.278. The zero-order chi connectivity index (χ0) is 19.9. The normalized spacial score (nSPS) is 19.0. The molecule has 28 heavy (non-hydrogen) atoms. The van der Waals surface area contributed by atoms with Crippen molar-refractivity contribution < 1.29 is 22.5 Å². The van der Waals surface area contributed by atoms with Crippen molar-refractivity contribution in [3.05, 3.63) is 59.5 Å². The lowest BCUT2D eigenvalue weighted by atomic mass is 9.97. The Labute approximate surface area is 157 Å². The van der Waals surface area contributed by atoms with Crippen molar-refractivity contribution in [1.82, 2.24) is 14.9 Å². The number of anilines is 2. The summed E-state index contributed by atoms with van der Waals surface area (Å²) in [5, 5.41) is 13.0. The number of aromatic nitrogens is 3. The molecule has 0 spiro atoms. The smallest absolute Gasteiger partial charge is 0.363 e. The van der Waals surface area contributed by atoms with Gasteiger partial charge in [0.05, 0.1) is 6.04 Å². The Bertz CT molecular complexity index is 996. The highest BCUT2D eigenvalue weighted by Gasteiger charge is 2.46. The van der Waals surface area contributed by atoms with Gasteiger partial charge in [-0.05, 0) is 12.5 Å². The van der Waals surface area contributed by atoms with Crippen LogP contribution in [0.4, 0.5) is 24.8 Å². The van der Waals surface area contributed by atoms with Crippen LogP contribution in [0.15, 0.2) is 47.0 Å². The lowest BCUT2D eigenvalue weighted by molar-refractivity contribution is -0.173. The lowest BCUT2D eigenvalue weighted by Crippen LogP contribution is -2.35. The maximum Gasteiger partial charge on any atom is 0.410 e. The number of carbonyl (C=O) groups excluding carboxylic acids is 1. The summed E-state index contributed by atoms with van der Waals surface area (Å²) in [5.74, 6) is 0.109. The molecule has 0 bridgehead atoms. The Kier molecular flexibility index (Phi) is 4.33. The van der Waals surface area contributed by atoms with E-state index in [1.165, 1.54) is 12.1 Å². The third-order valence-electron chi connectivity index (χ3n) is 4.49. The maximum atomic E-state index is 13.7. The number of alkyl halides is 3. The minimum Gasteiger partial charge on any atom is -0.363 e. The second kappa shape index (κ2) is 6.70. The molecule has 1 aliphatic rings. The topological polar surface area (TPSA) is 85.0 Å². The third kappa shape index (κ3) is 3.45. The van der Waals surface area contributed by atoms with Crippen LogP contribution in [0.5, 0.6) is 0 Å². The highest BCUT2D eigenvalue weighted by Crippen LogP contribution is 2.43. The van der Waals surface area contributed by atoms with E-state index in [1.54, 1.807) is 37.3 Å². The zero-order valence-corrected chi connectivity index (χ0v) is 14.7. The van der Waals surface area contributed by atoms with Gasteiger partial charge in [-0.1, -0.05) is 35.5 Å². The van der Waals surface area contributed by atoms with Gasteiger partial charge in [0, 0.05) is 18.6 Å². The van der Waals surface area contributed by atoms with E-state index in [1.807, 2.05) is 0 Å². The summed E-state index contributed by atoms with van der Waals surface area (Å²) in [6, 6.07) is 9.26. The zero-order valence-electron chi connectivity index (χ0n) is 14.7. The average Bonchev–Trinajstić information content (AvgIpc) is 3.26. The molecule has 2 N–H and O–H groups in total. The molecule has 2 atom stereocenters. The molecule has 7 nitrogen and oxygen atoms in total. The number of aryl methyl sites for hydroxylation is 1. The highest BCUT2D eigenvalue weighted by atomic mass is 19.4. The molecule has 0 aliphatic carbocycles. The van der Waals surface area contributed by atoms with E-state index in [-0.39, 0.29) is 23.8 Å². The first-order valence-electron chi connectivity index (χ1n) is 8.53. The molecular formula is C18H16F3N5O2. The van der Waals surface area contributed by atoms with Gasteiger partial charge in [0.25, 0.3) is 5.91 Å². The SMILES string of the molecule is Cc1cc(NC(=O)c2cc3n(n2)[C@@H](C(F)(F)F)C[C@H](c2ccccc2)N3)no1. The predicted octanol–water partition coefficient (Wildman–Crippen LogP) is 4.09. The Morgan fingerprint density at radius 2 is 2.04 bits per heavy atom. The van der Waals surface area contributed by atoms with Crippen molar-refractivity contribution >= 4 is 17.5 Å². The number of carbonyl (C=O) groups is 1. The van der Waals surface area contributed by atoms with Gasteiger partial charge in [0.15, 0.2) is 17.6 Å². The molecule has 3 aromatic rings. The van der Waals surface area contributed by atoms with Crippen LogP contribution in [0.1, 0.15) is 40.3 Å². The molecule has 1 aromatic carbocycles. The highest BCUT2D eigenvalue weighted by molar-refractivity contribution is 6.02. The first-order chi connectivity index (χ1) is 13.3. The van der Waals surface area contributed by atoms with Crippen LogP contribution in [0.25, 0.3) is 0 Å². The van der Waals surface area contributed by atoms with E-state index >= 15 is 0 Å². The molecule has 1 aliphatic heterocycles. The van der Waals surface area contributed by atoms with Gasteiger partial charge in [0.1, 0.15) is 11.6 Å².